The summed E-state index contributed by atoms with van der Waals surface area (Å²) in [5, 5.41) is 10.5. The van der Waals surface area contributed by atoms with Gasteiger partial charge in [0.05, 0.1) is 17.7 Å². The summed E-state index contributed by atoms with van der Waals surface area (Å²) >= 11 is 0. The van der Waals surface area contributed by atoms with Gasteiger partial charge in [-0.2, -0.15) is 0 Å². The SMILES string of the molecule is CCOCC1(c2ccc(C(=O)O)cc2)CCN1Cc1c(C)cc(C)c2[nH]ccc12. The smallest absolute Gasteiger partial charge is 0.335 e. The Morgan fingerprint density at radius 3 is 2.59 bits per heavy atom. The van der Waals surface area contributed by atoms with Crippen LogP contribution in [0.4, 0.5) is 0 Å². The standard InChI is InChI=1S/C24H28N2O3/c1-4-29-15-24(19-7-5-18(6-8-19)23(27)28)10-12-26(24)14-21-16(2)13-17(3)22-20(21)9-11-25-22/h5-9,11,13,25H,4,10,12,14-15H2,1-3H3,(H,27,28). The number of likely N-dealkylation sites (tertiary alicyclic amines) is 1. The van der Waals surface area contributed by atoms with Gasteiger partial charge in [-0.25, -0.2) is 4.79 Å². The molecule has 5 nitrogen and oxygen atoms in total. The van der Waals surface area contributed by atoms with Crippen molar-refractivity contribution in [2.45, 2.75) is 39.3 Å². The van der Waals surface area contributed by atoms with Gasteiger partial charge >= 0.3 is 5.97 Å². The van der Waals surface area contributed by atoms with Crippen molar-refractivity contribution in [1.82, 2.24) is 9.88 Å². The van der Waals surface area contributed by atoms with Crippen LogP contribution in [0.5, 0.6) is 0 Å². The minimum absolute atomic E-state index is 0.215. The Hall–Kier alpha value is -2.63. The number of benzene rings is 2. The van der Waals surface area contributed by atoms with Crippen molar-refractivity contribution in [1.29, 1.82) is 0 Å². The van der Waals surface area contributed by atoms with E-state index in [1.165, 1.54) is 27.6 Å². The third-order valence-corrected chi connectivity index (χ3v) is 6.34. The molecule has 0 aliphatic carbocycles. The van der Waals surface area contributed by atoms with Crippen LogP contribution in [0.25, 0.3) is 10.9 Å². The highest BCUT2D eigenvalue weighted by Gasteiger charge is 2.46. The van der Waals surface area contributed by atoms with Gasteiger partial charge in [-0.1, -0.05) is 18.2 Å². The lowest BCUT2D eigenvalue weighted by molar-refractivity contribution is -0.0846. The number of rotatable bonds is 7. The van der Waals surface area contributed by atoms with E-state index in [1.807, 2.05) is 25.3 Å². The van der Waals surface area contributed by atoms with E-state index in [1.54, 1.807) is 12.1 Å². The summed E-state index contributed by atoms with van der Waals surface area (Å²) in [5.41, 5.74) is 6.33. The Morgan fingerprint density at radius 1 is 1.21 bits per heavy atom. The first-order valence-electron chi connectivity index (χ1n) is 10.2. The van der Waals surface area contributed by atoms with Gasteiger partial charge in [0.15, 0.2) is 0 Å². The predicted molar refractivity (Wildman–Crippen MR) is 114 cm³/mol. The van der Waals surface area contributed by atoms with Crippen LogP contribution in [-0.2, 0) is 16.8 Å². The van der Waals surface area contributed by atoms with Crippen LogP contribution in [-0.4, -0.2) is 40.7 Å². The molecule has 1 aliphatic rings. The average molecular weight is 392 g/mol. The summed E-state index contributed by atoms with van der Waals surface area (Å²) in [6.45, 7) is 9.44. The average Bonchev–Trinajstić information content (AvgIpc) is 3.18. The highest BCUT2D eigenvalue weighted by Crippen LogP contribution is 2.43. The fourth-order valence-electron chi connectivity index (χ4n) is 4.58. The number of aromatic amines is 1. The molecule has 0 spiro atoms. The van der Waals surface area contributed by atoms with Gasteiger partial charge in [-0.15, -0.1) is 0 Å². The molecular formula is C24H28N2O3. The Kier molecular flexibility index (Phi) is 5.19. The summed E-state index contributed by atoms with van der Waals surface area (Å²) in [6.07, 6.45) is 3.01. The van der Waals surface area contributed by atoms with Gasteiger partial charge in [0, 0.05) is 36.8 Å². The molecular weight excluding hydrogens is 364 g/mol. The van der Waals surface area contributed by atoms with Crippen LogP contribution in [0.2, 0.25) is 0 Å². The second kappa shape index (κ2) is 7.65. The van der Waals surface area contributed by atoms with E-state index in [2.05, 4.69) is 35.9 Å². The molecule has 1 aliphatic heterocycles. The monoisotopic (exact) mass is 392 g/mol. The molecule has 0 saturated carbocycles. The van der Waals surface area contributed by atoms with Gasteiger partial charge in [0.1, 0.15) is 0 Å². The lowest BCUT2D eigenvalue weighted by atomic mass is 9.77. The predicted octanol–water partition coefficient (Wildman–Crippen LogP) is 4.62. The molecule has 1 saturated heterocycles. The number of aryl methyl sites for hydroxylation is 2. The second-order valence-electron chi connectivity index (χ2n) is 7.98. The molecule has 1 fully saturated rings. The molecule has 1 atom stereocenters. The van der Waals surface area contributed by atoms with Gasteiger partial charge < -0.3 is 14.8 Å². The molecule has 1 unspecified atom stereocenters. The number of nitrogens with one attached hydrogen (secondary N) is 1. The number of carboxylic acid groups (broad SMARTS) is 1. The molecule has 0 amide bonds. The number of ether oxygens (including phenoxy) is 1. The van der Waals surface area contributed by atoms with Gasteiger partial charge in [-0.3, -0.25) is 4.90 Å². The van der Waals surface area contributed by atoms with Crippen LogP contribution >= 0.6 is 0 Å². The molecule has 3 aromatic rings. The third kappa shape index (κ3) is 3.34. The zero-order chi connectivity index (χ0) is 20.6. The fraction of sp³-hybridized carbons (Fsp3) is 0.375. The van der Waals surface area contributed by atoms with Crippen molar-refractivity contribution in [3.05, 3.63) is 70.4 Å². The minimum atomic E-state index is -0.897. The molecule has 2 heterocycles. The highest BCUT2D eigenvalue weighted by atomic mass is 16.5. The topological polar surface area (TPSA) is 65.6 Å². The zero-order valence-electron chi connectivity index (χ0n) is 17.3. The van der Waals surface area contributed by atoms with E-state index in [0.717, 1.165) is 25.1 Å². The molecule has 1 aromatic heterocycles. The summed E-state index contributed by atoms with van der Waals surface area (Å²) in [5.74, 6) is -0.897. The number of hydrogen-bond acceptors (Lipinski definition) is 3. The first-order valence-corrected chi connectivity index (χ1v) is 10.2. The van der Waals surface area contributed by atoms with E-state index in [9.17, 15) is 9.90 Å². The molecule has 152 valence electrons. The second-order valence-corrected chi connectivity index (χ2v) is 7.98. The van der Waals surface area contributed by atoms with Crippen molar-refractivity contribution in [3.63, 3.8) is 0 Å². The Morgan fingerprint density at radius 2 is 1.97 bits per heavy atom. The number of carboxylic acids is 1. The number of fused-ring (bicyclic) bond motifs is 1. The molecule has 0 bridgehead atoms. The van der Waals surface area contributed by atoms with Crippen LogP contribution in [0.15, 0.2) is 42.6 Å². The van der Waals surface area contributed by atoms with Crippen molar-refractivity contribution in [3.8, 4) is 0 Å². The molecule has 5 heteroatoms. The molecule has 2 N–H and O–H groups in total. The number of aromatic nitrogens is 1. The van der Waals surface area contributed by atoms with Crippen LogP contribution in [0.1, 0.15) is 46.0 Å². The normalized spacial score (nSPS) is 19.4. The van der Waals surface area contributed by atoms with Gasteiger partial charge in [0.25, 0.3) is 0 Å². The number of H-pyrrole nitrogens is 1. The van der Waals surface area contributed by atoms with Crippen molar-refractivity contribution in [2.75, 3.05) is 19.8 Å². The maximum absolute atomic E-state index is 11.2. The van der Waals surface area contributed by atoms with E-state index in [0.29, 0.717) is 18.8 Å². The largest absolute Gasteiger partial charge is 0.478 e. The van der Waals surface area contributed by atoms with E-state index >= 15 is 0 Å². The maximum atomic E-state index is 11.2. The number of nitrogens with zero attached hydrogens (tertiary/aromatic N) is 1. The Balaban J connectivity index is 1.70. The van der Waals surface area contributed by atoms with Crippen LogP contribution in [0.3, 0.4) is 0 Å². The van der Waals surface area contributed by atoms with E-state index in [-0.39, 0.29) is 5.54 Å². The van der Waals surface area contributed by atoms with Crippen molar-refractivity contribution >= 4 is 16.9 Å². The van der Waals surface area contributed by atoms with E-state index < -0.39 is 5.97 Å². The molecule has 2 aromatic carbocycles. The first kappa shape index (κ1) is 19.7. The van der Waals surface area contributed by atoms with Crippen LogP contribution < -0.4 is 0 Å². The number of hydrogen-bond donors (Lipinski definition) is 2. The van der Waals surface area contributed by atoms with E-state index in [4.69, 9.17) is 4.74 Å². The third-order valence-electron chi connectivity index (χ3n) is 6.34. The Labute approximate surface area is 171 Å². The zero-order valence-corrected chi connectivity index (χ0v) is 17.3. The summed E-state index contributed by atoms with van der Waals surface area (Å²) in [7, 11) is 0. The molecule has 4 rings (SSSR count). The lowest BCUT2D eigenvalue weighted by Gasteiger charge is -2.53. The summed E-state index contributed by atoms with van der Waals surface area (Å²) in [6, 6.07) is 11.7. The van der Waals surface area contributed by atoms with Crippen molar-refractivity contribution < 1.29 is 14.6 Å². The first-order chi connectivity index (χ1) is 14.0. The minimum Gasteiger partial charge on any atom is -0.478 e. The Bertz CT molecular complexity index is 1040. The molecule has 29 heavy (non-hydrogen) atoms. The van der Waals surface area contributed by atoms with Crippen molar-refractivity contribution in [2.24, 2.45) is 0 Å². The maximum Gasteiger partial charge on any atom is 0.335 e. The van der Waals surface area contributed by atoms with Gasteiger partial charge in [-0.05, 0) is 67.6 Å². The van der Waals surface area contributed by atoms with Crippen LogP contribution in [0, 0.1) is 13.8 Å². The number of aromatic carboxylic acids is 1. The number of carbonyl (C=O) groups is 1. The quantitative estimate of drug-likeness (QED) is 0.616. The summed E-state index contributed by atoms with van der Waals surface area (Å²) in [4.78, 5) is 17.1. The summed E-state index contributed by atoms with van der Waals surface area (Å²) < 4.78 is 5.90. The van der Waals surface area contributed by atoms with Gasteiger partial charge in [0.2, 0.25) is 0 Å². The lowest BCUT2D eigenvalue weighted by Crippen LogP contribution is -2.59. The molecule has 0 radical (unpaired) electrons. The fourth-order valence-corrected chi connectivity index (χ4v) is 4.58. The highest BCUT2D eigenvalue weighted by molar-refractivity contribution is 5.88.